The molecule has 0 aliphatic carbocycles. The van der Waals surface area contributed by atoms with Crippen LogP contribution in [0.5, 0.6) is 0 Å². The first-order valence-electron chi connectivity index (χ1n) is 7.27. The van der Waals surface area contributed by atoms with Gasteiger partial charge in [0.05, 0.1) is 5.76 Å². The molecule has 0 aromatic heterocycles. The first-order chi connectivity index (χ1) is 8.20. The monoisotopic (exact) mass is 330 g/mol. The maximum absolute atomic E-state index is 6.23. The lowest BCUT2D eigenvalue weighted by Gasteiger charge is -2.57. The molecule has 0 saturated carbocycles. The molecule has 0 atom stereocenters. The van der Waals surface area contributed by atoms with E-state index in [4.69, 9.17) is 4.43 Å². The average molecular weight is 331 g/mol. The van der Waals surface area contributed by atoms with Crippen molar-refractivity contribution in [3.8, 4) is 0 Å². The highest BCUT2D eigenvalue weighted by molar-refractivity contribution is 7.22. The van der Waals surface area contributed by atoms with Gasteiger partial charge in [-0.2, -0.15) is 0 Å². The quantitative estimate of drug-likeness (QED) is 0.472. The van der Waals surface area contributed by atoms with Crippen LogP contribution in [0.4, 0.5) is 0 Å². The predicted octanol–water partition coefficient (Wildman–Crippen LogP) is 5.34. The molecule has 0 N–H and O–H groups in total. The van der Waals surface area contributed by atoms with E-state index >= 15 is 0 Å². The summed E-state index contributed by atoms with van der Waals surface area (Å²) in [5.74, 6) is 1.09. The van der Waals surface area contributed by atoms with E-state index in [1.54, 1.807) is 0 Å². The third-order valence-electron chi connectivity index (χ3n) is 4.15. The number of hydrogen-bond donors (Lipinski definition) is 0. The molecule has 19 heavy (non-hydrogen) atoms. The Morgan fingerprint density at radius 2 is 1.16 bits per heavy atom. The Bertz CT molecular complexity index is 293. The van der Waals surface area contributed by atoms with E-state index < -0.39 is 24.2 Å². The largest absolute Gasteiger partial charge is 0.545 e. The van der Waals surface area contributed by atoms with Gasteiger partial charge in [0.1, 0.15) is 0 Å². The highest BCUT2D eigenvalue weighted by Crippen LogP contribution is 2.52. The van der Waals surface area contributed by atoms with Gasteiger partial charge in [0.15, 0.2) is 0 Å². The lowest BCUT2D eigenvalue weighted by Crippen LogP contribution is -2.68. The van der Waals surface area contributed by atoms with Gasteiger partial charge < -0.3 is 4.43 Å². The van der Waals surface area contributed by atoms with Crippen molar-refractivity contribution in [2.45, 2.75) is 76.7 Å². The summed E-state index contributed by atoms with van der Waals surface area (Å²) in [5.41, 5.74) is 0. The molecule has 0 saturated heterocycles. The zero-order chi connectivity index (χ0) is 15.7. The average Bonchev–Trinajstić information content (AvgIpc) is 2.11. The Kier molecular flexibility index (Phi) is 6.16. The van der Waals surface area contributed by atoms with Gasteiger partial charge in [-0.15, -0.1) is 0 Å². The second-order valence-electron chi connectivity index (χ2n) is 8.60. The van der Waals surface area contributed by atoms with Crippen molar-refractivity contribution in [1.29, 1.82) is 0 Å². The van der Waals surface area contributed by atoms with Crippen molar-refractivity contribution in [3.63, 3.8) is 0 Å². The molecule has 0 fully saturated rings. The first kappa shape index (κ1) is 19.4. The molecule has 5 heteroatoms. The fourth-order valence-electron chi connectivity index (χ4n) is 4.05. The molecular weight excluding hydrogens is 296 g/mol. The fourth-order valence-corrected chi connectivity index (χ4v) is 35.6. The van der Waals surface area contributed by atoms with Crippen LogP contribution in [0.2, 0.25) is 62.8 Å². The molecule has 0 aromatic carbocycles. The van der Waals surface area contributed by atoms with Crippen LogP contribution in [0, 0.1) is 0 Å². The minimum absolute atomic E-state index is 0.525. The van der Waals surface area contributed by atoms with Gasteiger partial charge in [0.25, 0.3) is 0 Å². The first-order valence-corrected chi connectivity index (χ1v) is 18.7. The smallest absolute Gasteiger partial charge is 0.308 e. The molecule has 1 nitrogen and oxygen atoms in total. The number of hydrogen-bond acceptors (Lipinski definition) is 1. The lowest BCUT2D eigenvalue weighted by atomic mass is 10.5. The van der Waals surface area contributed by atoms with Gasteiger partial charge in [-0.05, 0) is 17.8 Å². The predicted molar refractivity (Wildman–Crippen MR) is 99.0 cm³/mol. The maximum atomic E-state index is 6.23. The third kappa shape index (κ3) is 3.95. The maximum Gasteiger partial charge on any atom is 0.308 e. The van der Waals surface area contributed by atoms with E-state index in [1.807, 2.05) is 0 Å². The summed E-state index contributed by atoms with van der Waals surface area (Å²) >= 11 is 0. The van der Waals surface area contributed by atoms with E-state index in [-0.39, 0.29) is 0 Å². The zero-order valence-corrected chi connectivity index (χ0v) is 19.0. The molecule has 0 amide bonds. The molecule has 0 rings (SSSR count). The number of allylic oxidation sites excluding steroid dienone is 2. The molecule has 2 radical (unpaired) electrons. The van der Waals surface area contributed by atoms with Crippen LogP contribution in [0.15, 0.2) is 11.8 Å². The molecule has 0 aliphatic heterocycles. The highest BCUT2D eigenvalue weighted by Gasteiger charge is 2.61. The zero-order valence-electron chi connectivity index (χ0n) is 15.0. The SMILES string of the molecule is C/C=C(\C)O[Si]C([Si](C)(C)C)([Si](C)(C)C)[Si](C)(C)C. The van der Waals surface area contributed by atoms with Crippen molar-refractivity contribution in [2.75, 3.05) is 0 Å². The van der Waals surface area contributed by atoms with Gasteiger partial charge in [-0.3, -0.25) is 0 Å². The topological polar surface area (TPSA) is 9.23 Å². The Morgan fingerprint density at radius 3 is 1.37 bits per heavy atom. The van der Waals surface area contributed by atoms with E-state index in [2.05, 4.69) is 78.8 Å². The van der Waals surface area contributed by atoms with Gasteiger partial charge in [-0.1, -0.05) is 65.0 Å². The van der Waals surface area contributed by atoms with Gasteiger partial charge in [-0.25, -0.2) is 0 Å². The van der Waals surface area contributed by atoms with Gasteiger partial charge in [0.2, 0.25) is 0 Å². The van der Waals surface area contributed by atoms with Crippen molar-refractivity contribution in [3.05, 3.63) is 11.8 Å². The Morgan fingerprint density at radius 1 is 0.842 bits per heavy atom. The van der Waals surface area contributed by atoms with Crippen LogP contribution in [0.25, 0.3) is 0 Å². The van der Waals surface area contributed by atoms with E-state index in [0.29, 0.717) is 13.7 Å². The summed E-state index contributed by atoms with van der Waals surface area (Å²) in [7, 11) is -3.26. The van der Waals surface area contributed by atoms with E-state index in [9.17, 15) is 0 Å². The van der Waals surface area contributed by atoms with E-state index in [1.165, 1.54) is 0 Å². The normalized spacial score (nSPS) is 15.6. The molecule has 0 aliphatic rings. The van der Waals surface area contributed by atoms with Crippen molar-refractivity contribution >= 4 is 34.0 Å². The number of rotatable bonds is 6. The summed E-state index contributed by atoms with van der Waals surface area (Å²) < 4.78 is 6.75. The molecule has 0 aromatic rings. The Hall–Kier alpha value is 0.408. The Labute approximate surface area is 127 Å². The summed E-state index contributed by atoms with van der Waals surface area (Å²) in [6.07, 6.45) is 2.09. The van der Waals surface area contributed by atoms with Crippen LogP contribution < -0.4 is 0 Å². The molecule has 0 unspecified atom stereocenters. The lowest BCUT2D eigenvalue weighted by molar-refractivity contribution is 0.450. The molecule has 112 valence electrons. The summed E-state index contributed by atoms with van der Waals surface area (Å²) in [4.78, 5) is 0. The summed E-state index contributed by atoms with van der Waals surface area (Å²) in [6.45, 7) is 27.2. The van der Waals surface area contributed by atoms with Crippen molar-refractivity contribution in [2.24, 2.45) is 0 Å². The van der Waals surface area contributed by atoms with Gasteiger partial charge in [0, 0.05) is 24.2 Å². The molecular formula is C14H34OSi4. The Balaban J connectivity index is 5.83. The van der Waals surface area contributed by atoms with Crippen molar-refractivity contribution in [1.82, 2.24) is 0 Å². The van der Waals surface area contributed by atoms with Gasteiger partial charge >= 0.3 is 9.76 Å². The summed E-state index contributed by atoms with van der Waals surface area (Å²) in [6, 6.07) is 0. The minimum Gasteiger partial charge on any atom is -0.545 e. The second-order valence-corrected chi connectivity index (χ2v) is 28.5. The second kappa shape index (κ2) is 6.03. The van der Waals surface area contributed by atoms with Crippen LogP contribution in [0.1, 0.15) is 13.8 Å². The highest BCUT2D eigenvalue weighted by atomic mass is 28.5. The molecule has 0 bridgehead atoms. The van der Waals surface area contributed by atoms with Crippen LogP contribution >= 0.6 is 0 Å². The standard InChI is InChI=1S/C14H34OSi4/c1-12-13(2)15-16-14(17(3,4)5,18(6,7)8)19(9,10)11/h12H,1-11H3/b13-12+. The fraction of sp³-hybridized carbons (Fsp3) is 0.857. The van der Waals surface area contributed by atoms with Crippen molar-refractivity contribution < 1.29 is 4.43 Å². The minimum atomic E-state index is -1.30. The van der Waals surface area contributed by atoms with E-state index in [0.717, 1.165) is 5.76 Å². The summed E-state index contributed by atoms with van der Waals surface area (Å²) in [5, 5.41) is 0. The van der Waals surface area contributed by atoms with Crippen LogP contribution in [-0.4, -0.2) is 34.0 Å². The molecule has 0 spiro atoms. The van der Waals surface area contributed by atoms with Crippen LogP contribution in [0.3, 0.4) is 0 Å². The third-order valence-corrected chi connectivity index (χ3v) is 32.8. The molecule has 0 heterocycles. The van der Waals surface area contributed by atoms with Crippen LogP contribution in [-0.2, 0) is 4.43 Å².